The van der Waals surface area contributed by atoms with E-state index < -0.39 is 12.1 Å². The third-order valence-corrected chi connectivity index (χ3v) is 10.7. The minimum atomic E-state index is -0.466. The molecule has 0 N–H and O–H groups in total. The van der Waals surface area contributed by atoms with Gasteiger partial charge in [0.25, 0.3) is 0 Å². The standard InChI is InChI=1S/C48H31NS/c1-3-17-38-33(12-1)14-10-22-39(38)35-16-9-15-34(30-35)32-26-28-37(29-27-32)49(45-24-11-23-44-43-21-7-8-25-47(43)50-48(44)45)46-31-36-13-2-4-18-40(36)41-19-5-6-20-42(41)46/h1-31H/i1D,3D,10D,12D,14D,17D,22D. The van der Waals surface area contributed by atoms with Crippen LogP contribution in [0.2, 0.25) is 0 Å². The largest absolute Gasteiger partial charge is 0.308 e. The Balaban J connectivity index is 1.16. The molecule has 0 amide bonds. The van der Waals surface area contributed by atoms with Crippen molar-refractivity contribution in [3.05, 3.63) is 188 Å². The Morgan fingerprint density at radius 2 is 1.12 bits per heavy atom. The fourth-order valence-electron chi connectivity index (χ4n) is 7.22. The molecule has 10 rings (SSSR count). The van der Waals surface area contributed by atoms with E-state index in [0.717, 1.165) is 39.0 Å². The lowest BCUT2D eigenvalue weighted by Crippen LogP contribution is -2.10. The van der Waals surface area contributed by atoms with Crippen LogP contribution in [0, 0.1) is 0 Å². The number of anilines is 3. The van der Waals surface area contributed by atoms with Gasteiger partial charge >= 0.3 is 0 Å². The average Bonchev–Trinajstić information content (AvgIpc) is 3.64. The van der Waals surface area contributed by atoms with E-state index in [2.05, 4.69) is 126 Å². The van der Waals surface area contributed by atoms with Gasteiger partial charge in [0.1, 0.15) is 0 Å². The van der Waals surface area contributed by atoms with Crippen LogP contribution in [0.3, 0.4) is 0 Å². The normalized spacial score (nSPS) is 13.6. The second-order valence-corrected chi connectivity index (χ2v) is 13.4. The summed E-state index contributed by atoms with van der Waals surface area (Å²) in [4.78, 5) is 2.36. The van der Waals surface area contributed by atoms with E-state index >= 15 is 0 Å². The zero-order valence-corrected chi connectivity index (χ0v) is 27.5. The van der Waals surface area contributed by atoms with Crippen LogP contribution < -0.4 is 4.90 Å². The van der Waals surface area contributed by atoms with Gasteiger partial charge in [-0.15, -0.1) is 11.3 Å². The van der Waals surface area contributed by atoms with Crippen LogP contribution in [0.5, 0.6) is 0 Å². The predicted octanol–water partition coefficient (Wildman–Crippen LogP) is 14.3. The molecule has 1 heterocycles. The smallest absolute Gasteiger partial charge is 0.0640 e. The lowest BCUT2D eigenvalue weighted by atomic mass is 9.95. The molecule has 0 saturated carbocycles. The van der Waals surface area contributed by atoms with Gasteiger partial charge in [-0.05, 0) is 85.6 Å². The molecular weight excluding hydrogens is 623 g/mol. The Hall–Kier alpha value is -6.22. The number of thiophene rings is 1. The molecule has 0 aliphatic carbocycles. The van der Waals surface area contributed by atoms with Gasteiger partial charge in [0.15, 0.2) is 0 Å². The van der Waals surface area contributed by atoms with Crippen LogP contribution in [-0.4, -0.2) is 0 Å². The minimum Gasteiger partial charge on any atom is -0.308 e. The van der Waals surface area contributed by atoms with E-state index in [4.69, 9.17) is 9.60 Å². The van der Waals surface area contributed by atoms with Gasteiger partial charge in [-0.25, -0.2) is 0 Å². The average molecular weight is 661 g/mol. The molecule has 50 heavy (non-hydrogen) atoms. The van der Waals surface area contributed by atoms with Crippen molar-refractivity contribution >= 4 is 80.9 Å². The van der Waals surface area contributed by atoms with Gasteiger partial charge in [-0.1, -0.05) is 151 Å². The Morgan fingerprint density at radius 3 is 2.02 bits per heavy atom. The molecule has 1 nitrogen and oxygen atoms in total. The van der Waals surface area contributed by atoms with Crippen molar-refractivity contribution < 1.29 is 9.60 Å². The van der Waals surface area contributed by atoms with Crippen molar-refractivity contribution in [3.63, 3.8) is 0 Å². The molecular formula is C48H31NS. The number of fused-ring (bicyclic) bond motifs is 7. The maximum absolute atomic E-state index is 8.90. The maximum Gasteiger partial charge on any atom is 0.0640 e. The monoisotopic (exact) mass is 660 g/mol. The van der Waals surface area contributed by atoms with Gasteiger partial charge in [0, 0.05) is 26.5 Å². The maximum atomic E-state index is 8.90. The highest BCUT2D eigenvalue weighted by molar-refractivity contribution is 7.26. The summed E-state index contributed by atoms with van der Waals surface area (Å²) in [5.41, 5.74) is 5.60. The van der Waals surface area contributed by atoms with Crippen LogP contribution >= 0.6 is 11.3 Å². The quantitative estimate of drug-likeness (QED) is 0.166. The molecule has 2 heteroatoms. The molecule has 0 saturated heterocycles. The molecule has 0 radical (unpaired) electrons. The van der Waals surface area contributed by atoms with Gasteiger partial charge in [-0.2, -0.15) is 0 Å². The Morgan fingerprint density at radius 1 is 0.420 bits per heavy atom. The molecule has 0 unspecified atom stereocenters. The summed E-state index contributed by atoms with van der Waals surface area (Å²) in [7, 11) is 0. The molecule has 0 atom stereocenters. The molecule has 0 bridgehead atoms. The van der Waals surface area contributed by atoms with Gasteiger partial charge in [0.05, 0.1) is 25.7 Å². The topological polar surface area (TPSA) is 3.24 Å². The highest BCUT2D eigenvalue weighted by atomic mass is 32.1. The van der Waals surface area contributed by atoms with Crippen LogP contribution in [0.25, 0.3) is 74.7 Å². The van der Waals surface area contributed by atoms with Gasteiger partial charge in [0.2, 0.25) is 0 Å². The van der Waals surface area contributed by atoms with Crippen molar-refractivity contribution in [2.45, 2.75) is 0 Å². The summed E-state index contributed by atoms with van der Waals surface area (Å²) < 4.78 is 62.3. The molecule has 0 spiro atoms. The van der Waals surface area contributed by atoms with Crippen molar-refractivity contribution in [3.8, 4) is 22.3 Å². The molecule has 0 aliphatic rings. The first-order valence-electron chi connectivity index (χ1n) is 20.0. The van der Waals surface area contributed by atoms with E-state index in [0.29, 0.717) is 5.56 Å². The zero-order valence-electron chi connectivity index (χ0n) is 33.7. The lowest BCUT2D eigenvalue weighted by molar-refractivity contribution is 1.32. The zero-order chi connectivity index (χ0) is 39.1. The summed E-state index contributed by atoms with van der Waals surface area (Å²) in [6.45, 7) is 0. The van der Waals surface area contributed by atoms with E-state index in [-0.39, 0.29) is 46.5 Å². The third kappa shape index (κ3) is 4.69. The summed E-state index contributed by atoms with van der Waals surface area (Å²) in [6.07, 6.45) is 0. The molecule has 0 fully saturated rings. The van der Waals surface area contributed by atoms with Crippen molar-refractivity contribution in [1.29, 1.82) is 0 Å². The molecule has 0 aliphatic heterocycles. The fourth-order valence-corrected chi connectivity index (χ4v) is 8.43. The van der Waals surface area contributed by atoms with E-state index in [1.807, 2.05) is 18.2 Å². The van der Waals surface area contributed by atoms with Crippen molar-refractivity contribution in [2.24, 2.45) is 0 Å². The third-order valence-electron chi connectivity index (χ3n) is 9.53. The van der Waals surface area contributed by atoms with E-state index in [1.54, 1.807) is 17.4 Å². The Kier molecular flexibility index (Phi) is 5.26. The number of nitrogens with zero attached hydrogens (tertiary/aromatic N) is 1. The van der Waals surface area contributed by atoms with Gasteiger partial charge < -0.3 is 4.90 Å². The van der Waals surface area contributed by atoms with Gasteiger partial charge in [-0.3, -0.25) is 0 Å². The number of rotatable bonds is 5. The van der Waals surface area contributed by atoms with Crippen molar-refractivity contribution in [1.82, 2.24) is 0 Å². The summed E-state index contributed by atoms with van der Waals surface area (Å²) in [6, 6.07) is 47.6. The predicted molar refractivity (Wildman–Crippen MR) is 217 cm³/mol. The summed E-state index contributed by atoms with van der Waals surface area (Å²) >= 11 is 1.79. The Bertz CT molecular complexity index is 3270. The molecule has 9 aromatic carbocycles. The first-order chi connectivity index (χ1) is 27.7. The molecule has 10 aromatic rings. The minimum absolute atomic E-state index is 0.0540. The second kappa shape index (κ2) is 11.7. The number of hydrogen-bond acceptors (Lipinski definition) is 2. The number of hydrogen-bond donors (Lipinski definition) is 0. The van der Waals surface area contributed by atoms with E-state index in [9.17, 15) is 0 Å². The fraction of sp³-hybridized carbons (Fsp3) is 0. The first-order valence-corrected chi connectivity index (χ1v) is 17.3. The van der Waals surface area contributed by atoms with Crippen LogP contribution in [0.4, 0.5) is 17.1 Å². The van der Waals surface area contributed by atoms with Crippen LogP contribution in [-0.2, 0) is 0 Å². The molecule has 234 valence electrons. The Labute approximate surface area is 304 Å². The lowest BCUT2D eigenvalue weighted by Gasteiger charge is -2.28. The van der Waals surface area contributed by atoms with Crippen molar-refractivity contribution in [2.75, 3.05) is 4.90 Å². The summed E-state index contributed by atoms with van der Waals surface area (Å²) in [5.74, 6) is 0. The number of benzene rings is 9. The highest BCUT2D eigenvalue weighted by Crippen LogP contribution is 2.47. The summed E-state index contributed by atoms with van der Waals surface area (Å²) in [5, 5.41) is 7.11. The van der Waals surface area contributed by atoms with Crippen LogP contribution in [0.1, 0.15) is 9.60 Å². The SMILES string of the molecule is [2H]c1c([2H])c([2H])c2c(-c3cccc(-c4ccc(N(c5cc6ccccc6c6ccccc56)c5cccc6c5sc5ccccc56)cc4)c3)c([2H])c([2H])c([2H])c2c1[2H]. The molecule has 1 aromatic heterocycles. The van der Waals surface area contributed by atoms with Crippen LogP contribution in [0.15, 0.2) is 188 Å². The second-order valence-electron chi connectivity index (χ2n) is 12.4. The first kappa shape index (κ1) is 22.4. The van der Waals surface area contributed by atoms with E-state index in [1.165, 1.54) is 30.9 Å². The highest BCUT2D eigenvalue weighted by Gasteiger charge is 2.21.